The van der Waals surface area contributed by atoms with Crippen molar-refractivity contribution in [2.24, 2.45) is 0 Å². The van der Waals surface area contributed by atoms with Crippen molar-refractivity contribution in [3.05, 3.63) is 28.7 Å². The fraction of sp³-hybridized carbons (Fsp3) is 0.333. The molecule has 0 aliphatic heterocycles. The first-order valence-electron chi connectivity index (χ1n) is 4.22. The van der Waals surface area contributed by atoms with Crippen LogP contribution in [0.25, 0.3) is 5.65 Å². The van der Waals surface area contributed by atoms with E-state index in [2.05, 4.69) is 17.0 Å². The van der Waals surface area contributed by atoms with Gasteiger partial charge in [0.1, 0.15) is 5.15 Å². The Hall–Kier alpha value is -1.09. The SMILES string of the molecule is CCc1cnn2c(C)cc(Cl)nc12. The molecular weight excluding hydrogens is 186 g/mol. The second kappa shape index (κ2) is 3.00. The van der Waals surface area contributed by atoms with E-state index in [-0.39, 0.29) is 0 Å². The van der Waals surface area contributed by atoms with Gasteiger partial charge in [-0.05, 0) is 19.4 Å². The molecule has 2 heterocycles. The van der Waals surface area contributed by atoms with Crippen LogP contribution >= 0.6 is 11.6 Å². The van der Waals surface area contributed by atoms with Crippen LogP contribution in [0.4, 0.5) is 0 Å². The number of hydrogen-bond donors (Lipinski definition) is 0. The Morgan fingerprint density at radius 1 is 1.54 bits per heavy atom. The molecule has 0 spiro atoms. The zero-order chi connectivity index (χ0) is 9.42. The molecular formula is C9H10ClN3. The molecule has 0 atom stereocenters. The normalized spacial score (nSPS) is 11.0. The molecule has 2 aromatic rings. The van der Waals surface area contributed by atoms with Crippen molar-refractivity contribution in [3.63, 3.8) is 0 Å². The molecule has 0 radical (unpaired) electrons. The molecule has 0 aliphatic rings. The Balaban J connectivity index is 2.82. The van der Waals surface area contributed by atoms with Crippen LogP contribution in [0.5, 0.6) is 0 Å². The van der Waals surface area contributed by atoms with Crippen LogP contribution in [-0.4, -0.2) is 14.6 Å². The molecule has 4 heteroatoms. The lowest BCUT2D eigenvalue weighted by Crippen LogP contribution is -1.96. The Bertz CT molecular complexity index is 447. The molecule has 2 rings (SSSR count). The lowest BCUT2D eigenvalue weighted by molar-refractivity contribution is 0.895. The molecule has 0 saturated carbocycles. The van der Waals surface area contributed by atoms with E-state index in [1.807, 2.05) is 17.6 Å². The van der Waals surface area contributed by atoms with Gasteiger partial charge in [-0.1, -0.05) is 18.5 Å². The van der Waals surface area contributed by atoms with Crippen LogP contribution in [0.15, 0.2) is 12.3 Å². The van der Waals surface area contributed by atoms with Gasteiger partial charge < -0.3 is 0 Å². The van der Waals surface area contributed by atoms with Crippen molar-refractivity contribution in [2.75, 3.05) is 0 Å². The van der Waals surface area contributed by atoms with Gasteiger partial charge in [0.2, 0.25) is 0 Å². The van der Waals surface area contributed by atoms with Gasteiger partial charge in [0.15, 0.2) is 5.65 Å². The highest BCUT2D eigenvalue weighted by Gasteiger charge is 2.06. The number of fused-ring (bicyclic) bond motifs is 1. The highest BCUT2D eigenvalue weighted by atomic mass is 35.5. The molecule has 2 aromatic heterocycles. The summed E-state index contributed by atoms with van der Waals surface area (Å²) in [6.45, 7) is 4.04. The molecule has 0 bridgehead atoms. The lowest BCUT2D eigenvalue weighted by Gasteiger charge is -1.99. The molecule has 0 unspecified atom stereocenters. The van der Waals surface area contributed by atoms with Crippen molar-refractivity contribution in [3.8, 4) is 0 Å². The molecule has 3 nitrogen and oxygen atoms in total. The monoisotopic (exact) mass is 195 g/mol. The van der Waals surface area contributed by atoms with E-state index in [4.69, 9.17) is 11.6 Å². The van der Waals surface area contributed by atoms with Gasteiger partial charge in [0, 0.05) is 11.3 Å². The summed E-state index contributed by atoms with van der Waals surface area (Å²) in [6.07, 6.45) is 2.77. The molecule has 13 heavy (non-hydrogen) atoms. The summed E-state index contributed by atoms with van der Waals surface area (Å²) in [7, 11) is 0. The van der Waals surface area contributed by atoms with E-state index in [0.29, 0.717) is 5.15 Å². The third kappa shape index (κ3) is 1.29. The summed E-state index contributed by atoms with van der Waals surface area (Å²) in [5.41, 5.74) is 3.01. The first kappa shape index (κ1) is 8.51. The quantitative estimate of drug-likeness (QED) is 0.654. The standard InChI is InChI=1S/C9H10ClN3/c1-3-7-5-11-13-6(2)4-8(10)12-9(7)13/h4-5H,3H2,1-2H3. The fourth-order valence-electron chi connectivity index (χ4n) is 1.37. The maximum absolute atomic E-state index is 5.86. The average molecular weight is 196 g/mol. The summed E-state index contributed by atoms with van der Waals surface area (Å²) >= 11 is 5.86. The van der Waals surface area contributed by atoms with E-state index in [1.165, 1.54) is 0 Å². The van der Waals surface area contributed by atoms with Crippen LogP contribution in [0.1, 0.15) is 18.2 Å². The maximum atomic E-state index is 5.86. The van der Waals surface area contributed by atoms with E-state index < -0.39 is 0 Å². The summed E-state index contributed by atoms with van der Waals surface area (Å²) < 4.78 is 1.81. The predicted molar refractivity (Wildman–Crippen MR) is 52.1 cm³/mol. The molecule has 0 fully saturated rings. The number of aromatic nitrogens is 3. The highest BCUT2D eigenvalue weighted by molar-refractivity contribution is 6.29. The highest BCUT2D eigenvalue weighted by Crippen LogP contribution is 2.14. The number of halogens is 1. The molecule has 0 amide bonds. The van der Waals surface area contributed by atoms with E-state index in [1.54, 1.807) is 6.07 Å². The van der Waals surface area contributed by atoms with Crippen molar-refractivity contribution >= 4 is 17.2 Å². The Labute approximate surface area is 81.4 Å². The van der Waals surface area contributed by atoms with Gasteiger partial charge in [-0.15, -0.1) is 0 Å². The summed E-state index contributed by atoms with van der Waals surface area (Å²) in [4.78, 5) is 4.23. The van der Waals surface area contributed by atoms with E-state index >= 15 is 0 Å². The van der Waals surface area contributed by atoms with Gasteiger partial charge >= 0.3 is 0 Å². The maximum Gasteiger partial charge on any atom is 0.160 e. The fourth-order valence-corrected chi connectivity index (χ4v) is 1.61. The number of aryl methyl sites for hydroxylation is 2. The second-order valence-corrected chi connectivity index (χ2v) is 3.37. The smallest absolute Gasteiger partial charge is 0.160 e. The minimum atomic E-state index is 0.528. The van der Waals surface area contributed by atoms with Crippen molar-refractivity contribution in [1.82, 2.24) is 14.6 Å². The third-order valence-electron chi connectivity index (χ3n) is 2.07. The first-order valence-corrected chi connectivity index (χ1v) is 4.60. The lowest BCUT2D eigenvalue weighted by atomic mass is 10.3. The Morgan fingerprint density at radius 2 is 2.31 bits per heavy atom. The predicted octanol–water partition coefficient (Wildman–Crippen LogP) is 2.25. The summed E-state index contributed by atoms with van der Waals surface area (Å²) in [6, 6.07) is 1.81. The Kier molecular flexibility index (Phi) is 1.96. The van der Waals surface area contributed by atoms with Gasteiger partial charge in [-0.3, -0.25) is 0 Å². The van der Waals surface area contributed by atoms with Crippen molar-refractivity contribution < 1.29 is 0 Å². The first-order chi connectivity index (χ1) is 6.22. The van der Waals surface area contributed by atoms with E-state index in [9.17, 15) is 0 Å². The van der Waals surface area contributed by atoms with Crippen molar-refractivity contribution in [1.29, 1.82) is 0 Å². The molecule has 0 N–H and O–H groups in total. The van der Waals surface area contributed by atoms with Crippen LogP contribution < -0.4 is 0 Å². The van der Waals surface area contributed by atoms with Crippen LogP contribution in [0.2, 0.25) is 5.15 Å². The third-order valence-corrected chi connectivity index (χ3v) is 2.27. The molecule has 0 saturated heterocycles. The summed E-state index contributed by atoms with van der Waals surface area (Å²) in [5, 5.41) is 4.75. The molecule has 68 valence electrons. The van der Waals surface area contributed by atoms with Crippen LogP contribution in [0.3, 0.4) is 0 Å². The van der Waals surface area contributed by atoms with Crippen molar-refractivity contribution in [2.45, 2.75) is 20.3 Å². The van der Waals surface area contributed by atoms with Gasteiger partial charge in [-0.2, -0.15) is 5.10 Å². The number of rotatable bonds is 1. The number of hydrogen-bond acceptors (Lipinski definition) is 2. The molecule has 0 aromatic carbocycles. The molecule has 0 aliphatic carbocycles. The minimum absolute atomic E-state index is 0.528. The van der Waals surface area contributed by atoms with Gasteiger partial charge in [0.05, 0.1) is 6.20 Å². The van der Waals surface area contributed by atoms with Crippen LogP contribution in [0, 0.1) is 6.92 Å². The number of nitrogens with zero attached hydrogens (tertiary/aromatic N) is 3. The zero-order valence-corrected chi connectivity index (χ0v) is 8.34. The van der Waals surface area contributed by atoms with E-state index in [0.717, 1.165) is 23.3 Å². The minimum Gasteiger partial charge on any atom is -0.219 e. The topological polar surface area (TPSA) is 30.2 Å². The zero-order valence-electron chi connectivity index (χ0n) is 7.58. The average Bonchev–Trinajstić information content (AvgIpc) is 2.47. The summed E-state index contributed by atoms with van der Waals surface area (Å²) in [5.74, 6) is 0. The Morgan fingerprint density at radius 3 is 3.00 bits per heavy atom. The second-order valence-electron chi connectivity index (χ2n) is 2.98. The largest absolute Gasteiger partial charge is 0.219 e. The van der Waals surface area contributed by atoms with Crippen LogP contribution in [-0.2, 0) is 6.42 Å². The van der Waals surface area contributed by atoms with Gasteiger partial charge in [-0.25, -0.2) is 9.50 Å². The van der Waals surface area contributed by atoms with Gasteiger partial charge in [0.25, 0.3) is 0 Å².